The van der Waals surface area contributed by atoms with Crippen molar-refractivity contribution in [3.63, 3.8) is 0 Å². The maximum absolute atomic E-state index is 12.8. The first-order valence-corrected chi connectivity index (χ1v) is 9.56. The van der Waals surface area contributed by atoms with E-state index in [1.807, 2.05) is 37.3 Å². The molecule has 1 fully saturated rings. The Labute approximate surface area is 160 Å². The molecule has 0 aliphatic carbocycles. The third kappa shape index (κ3) is 4.26. The lowest BCUT2D eigenvalue weighted by Gasteiger charge is -2.36. The van der Waals surface area contributed by atoms with E-state index >= 15 is 0 Å². The highest BCUT2D eigenvalue weighted by Crippen LogP contribution is 2.34. The van der Waals surface area contributed by atoms with E-state index in [-0.39, 0.29) is 12.3 Å². The number of hydrogen-bond donors (Lipinski definition) is 2. The van der Waals surface area contributed by atoms with Crippen LogP contribution in [0.2, 0.25) is 5.02 Å². The zero-order valence-corrected chi connectivity index (χ0v) is 16.0. The number of benzene rings is 1. The molecule has 0 saturated carbocycles. The number of amides is 1. The van der Waals surface area contributed by atoms with Crippen LogP contribution < -0.4 is 5.32 Å². The van der Waals surface area contributed by atoms with Crippen LogP contribution in [0, 0.1) is 6.92 Å². The molecular weight excluding hydrogens is 374 g/mol. The fourth-order valence-electron chi connectivity index (χ4n) is 3.21. The minimum Gasteiger partial charge on any atom is -0.481 e. The molecule has 0 unspecified atom stereocenters. The molecule has 26 heavy (non-hydrogen) atoms. The molecule has 3 rings (SSSR count). The summed E-state index contributed by atoms with van der Waals surface area (Å²) >= 11 is 7.46. The fraction of sp³-hybridized carbons (Fsp3) is 0.368. The molecule has 1 aliphatic rings. The molecule has 1 aliphatic heterocycles. The highest BCUT2D eigenvalue weighted by Gasteiger charge is 2.37. The Morgan fingerprint density at radius 2 is 2.04 bits per heavy atom. The van der Waals surface area contributed by atoms with Gasteiger partial charge in [0.05, 0.1) is 16.8 Å². The number of hydrogen-bond acceptors (Lipinski definition) is 4. The number of ether oxygens (including phenoxy) is 1. The predicted octanol–water partition coefficient (Wildman–Crippen LogP) is 4.13. The minimum atomic E-state index is -0.922. The van der Waals surface area contributed by atoms with E-state index in [1.165, 1.54) is 11.3 Å². The van der Waals surface area contributed by atoms with Gasteiger partial charge in [0.25, 0.3) is 5.91 Å². The summed E-state index contributed by atoms with van der Waals surface area (Å²) < 4.78 is 5.33. The standard InChI is InChI=1S/C19H20ClNO4S/c1-12-9-15(26-17(12)13-3-2-4-14(20)10-13)18(24)21-19(11-16(22)23)5-7-25-8-6-19/h2-4,9-10H,5-8,11H2,1H3,(H,21,24)(H,22,23). The molecule has 2 N–H and O–H groups in total. The van der Waals surface area contributed by atoms with E-state index in [0.717, 1.165) is 16.0 Å². The van der Waals surface area contributed by atoms with E-state index in [0.29, 0.717) is 36.0 Å². The van der Waals surface area contributed by atoms with Gasteiger partial charge in [0.15, 0.2) is 0 Å². The van der Waals surface area contributed by atoms with Crippen molar-refractivity contribution >= 4 is 34.8 Å². The summed E-state index contributed by atoms with van der Waals surface area (Å²) in [6.07, 6.45) is 0.890. The van der Waals surface area contributed by atoms with E-state index in [1.54, 1.807) is 0 Å². The third-order valence-electron chi connectivity index (χ3n) is 4.55. The van der Waals surface area contributed by atoms with E-state index in [2.05, 4.69) is 5.32 Å². The molecule has 1 saturated heterocycles. The topological polar surface area (TPSA) is 75.6 Å². The van der Waals surface area contributed by atoms with Crippen molar-refractivity contribution in [3.8, 4) is 10.4 Å². The first kappa shape index (κ1) is 18.9. The average molecular weight is 394 g/mol. The summed E-state index contributed by atoms with van der Waals surface area (Å²) in [7, 11) is 0. The molecule has 1 amide bonds. The highest BCUT2D eigenvalue weighted by atomic mass is 35.5. The molecule has 1 aromatic heterocycles. The van der Waals surface area contributed by atoms with Crippen molar-refractivity contribution < 1.29 is 19.4 Å². The maximum atomic E-state index is 12.8. The first-order valence-electron chi connectivity index (χ1n) is 8.37. The van der Waals surface area contributed by atoms with E-state index < -0.39 is 11.5 Å². The molecule has 7 heteroatoms. The van der Waals surface area contributed by atoms with Crippen LogP contribution in [0.15, 0.2) is 30.3 Å². The monoisotopic (exact) mass is 393 g/mol. The lowest BCUT2D eigenvalue weighted by atomic mass is 9.86. The van der Waals surface area contributed by atoms with Crippen LogP contribution in [0.3, 0.4) is 0 Å². The van der Waals surface area contributed by atoms with Crippen molar-refractivity contribution in [3.05, 3.63) is 45.8 Å². The zero-order valence-electron chi connectivity index (χ0n) is 14.4. The molecule has 0 atom stereocenters. The number of carboxylic acids is 1. The van der Waals surface area contributed by atoms with Crippen LogP contribution in [0.4, 0.5) is 0 Å². The second-order valence-corrected chi connectivity index (χ2v) is 8.04. The number of aryl methyl sites for hydroxylation is 1. The van der Waals surface area contributed by atoms with Crippen molar-refractivity contribution in [2.24, 2.45) is 0 Å². The summed E-state index contributed by atoms with van der Waals surface area (Å²) in [5, 5.41) is 12.8. The number of nitrogens with one attached hydrogen (secondary N) is 1. The second kappa shape index (κ2) is 7.78. The number of thiophene rings is 1. The van der Waals surface area contributed by atoms with Gasteiger partial charge in [0.1, 0.15) is 0 Å². The smallest absolute Gasteiger partial charge is 0.305 e. The van der Waals surface area contributed by atoms with Gasteiger partial charge in [0, 0.05) is 23.1 Å². The van der Waals surface area contributed by atoms with Crippen molar-refractivity contribution in [1.82, 2.24) is 5.32 Å². The molecule has 0 bridgehead atoms. The lowest BCUT2D eigenvalue weighted by molar-refractivity contribution is -0.139. The van der Waals surface area contributed by atoms with Gasteiger partial charge in [-0.25, -0.2) is 0 Å². The third-order valence-corrected chi connectivity index (χ3v) is 6.07. The van der Waals surface area contributed by atoms with E-state index in [4.69, 9.17) is 16.3 Å². The maximum Gasteiger partial charge on any atom is 0.305 e. The summed E-state index contributed by atoms with van der Waals surface area (Å²) in [5.41, 5.74) is 1.20. The predicted molar refractivity (Wildman–Crippen MR) is 102 cm³/mol. The van der Waals surface area contributed by atoms with Crippen LogP contribution in [0.25, 0.3) is 10.4 Å². The molecule has 0 radical (unpaired) electrons. The lowest BCUT2D eigenvalue weighted by Crippen LogP contribution is -2.53. The van der Waals surface area contributed by atoms with Gasteiger partial charge in [-0.1, -0.05) is 23.7 Å². The van der Waals surface area contributed by atoms with Crippen molar-refractivity contribution in [1.29, 1.82) is 0 Å². The fourth-order valence-corrected chi connectivity index (χ4v) is 4.46. The molecule has 138 valence electrons. The zero-order chi connectivity index (χ0) is 18.7. The number of aliphatic carboxylic acids is 1. The average Bonchev–Trinajstić information content (AvgIpc) is 2.97. The molecule has 1 aromatic carbocycles. The summed E-state index contributed by atoms with van der Waals surface area (Å²) in [6, 6.07) is 9.34. The van der Waals surface area contributed by atoms with Gasteiger partial charge in [-0.3, -0.25) is 9.59 Å². The molecule has 2 aromatic rings. The second-order valence-electron chi connectivity index (χ2n) is 6.55. The van der Waals surface area contributed by atoms with Gasteiger partial charge in [-0.15, -0.1) is 11.3 Å². The van der Waals surface area contributed by atoms with Crippen LogP contribution in [-0.2, 0) is 9.53 Å². The number of carbonyl (C=O) groups excluding carboxylic acids is 1. The van der Waals surface area contributed by atoms with Crippen molar-refractivity contribution in [2.45, 2.75) is 31.7 Å². The van der Waals surface area contributed by atoms with Crippen LogP contribution >= 0.6 is 22.9 Å². The number of halogens is 1. The Balaban J connectivity index is 1.83. The number of rotatable bonds is 5. The Morgan fingerprint density at radius 1 is 1.31 bits per heavy atom. The molecule has 0 spiro atoms. The van der Waals surface area contributed by atoms with Gasteiger partial charge >= 0.3 is 5.97 Å². The van der Waals surface area contributed by atoms with Crippen LogP contribution in [0.1, 0.15) is 34.5 Å². The number of carbonyl (C=O) groups is 2. The van der Waals surface area contributed by atoms with Gasteiger partial charge in [-0.05, 0) is 49.1 Å². The van der Waals surface area contributed by atoms with Gasteiger partial charge in [-0.2, -0.15) is 0 Å². The quantitative estimate of drug-likeness (QED) is 0.800. The van der Waals surface area contributed by atoms with E-state index in [9.17, 15) is 14.7 Å². The minimum absolute atomic E-state index is 0.104. The largest absolute Gasteiger partial charge is 0.481 e. The summed E-state index contributed by atoms with van der Waals surface area (Å²) in [5.74, 6) is -1.16. The van der Waals surface area contributed by atoms with Crippen molar-refractivity contribution in [2.75, 3.05) is 13.2 Å². The van der Waals surface area contributed by atoms with Crippen LogP contribution in [0.5, 0.6) is 0 Å². The molecule has 5 nitrogen and oxygen atoms in total. The SMILES string of the molecule is Cc1cc(C(=O)NC2(CC(=O)O)CCOCC2)sc1-c1cccc(Cl)c1. The number of carboxylic acid groups (broad SMARTS) is 1. The summed E-state index contributed by atoms with van der Waals surface area (Å²) in [6.45, 7) is 2.85. The molecule has 2 heterocycles. The Kier molecular flexibility index (Phi) is 5.65. The Morgan fingerprint density at radius 3 is 2.69 bits per heavy atom. The first-order chi connectivity index (χ1) is 12.4. The van der Waals surface area contributed by atoms with Gasteiger partial charge in [0.2, 0.25) is 0 Å². The van der Waals surface area contributed by atoms with Gasteiger partial charge < -0.3 is 15.2 Å². The summed E-state index contributed by atoms with van der Waals surface area (Å²) in [4.78, 5) is 25.6. The Hall–Kier alpha value is -1.89. The highest BCUT2D eigenvalue weighted by molar-refractivity contribution is 7.17. The molecular formula is C19H20ClNO4S. The van der Waals surface area contributed by atoms with Crippen LogP contribution in [-0.4, -0.2) is 35.7 Å². The Bertz CT molecular complexity index is 827. The normalized spacial score (nSPS) is 16.2.